The molecule has 1 saturated heterocycles. The van der Waals surface area contributed by atoms with Crippen molar-refractivity contribution in [3.05, 3.63) is 29.8 Å². The first-order chi connectivity index (χ1) is 11.6. The highest BCUT2D eigenvalue weighted by atomic mass is 32.2. The molecule has 4 nitrogen and oxygen atoms in total. The van der Waals surface area contributed by atoms with Gasteiger partial charge in [-0.1, -0.05) is 49.1 Å². The number of ether oxygens (including phenoxy) is 1. The minimum atomic E-state index is 0.0347. The third-order valence-electron chi connectivity index (χ3n) is 4.66. The number of piperidine rings is 1. The van der Waals surface area contributed by atoms with E-state index >= 15 is 0 Å². The van der Waals surface area contributed by atoms with Crippen LogP contribution in [0.5, 0.6) is 5.75 Å². The van der Waals surface area contributed by atoms with Gasteiger partial charge < -0.3 is 15.0 Å². The molecule has 2 heterocycles. The summed E-state index contributed by atoms with van der Waals surface area (Å²) in [6.07, 6.45) is 3.18. The van der Waals surface area contributed by atoms with Crippen molar-refractivity contribution in [3.8, 4) is 5.75 Å². The van der Waals surface area contributed by atoms with Gasteiger partial charge in [-0.15, -0.1) is 0 Å². The topological polar surface area (TPSA) is 41.6 Å². The quantitative estimate of drug-likeness (QED) is 0.833. The fourth-order valence-electron chi connectivity index (χ4n) is 3.14. The summed E-state index contributed by atoms with van der Waals surface area (Å²) in [5, 5.41) is 3.12. The normalized spacial score (nSPS) is 20.9. The van der Waals surface area contributed by atoms with E-state index in [0.29, 0.717) is 12.4 Å². The number of amides is 1. The summed E-state index contributed by atoms with van der Waals surface area (Å²) in [6, 6.07) is 7.94. The number of hydrogen-bond acceptors (Lipinski definition) is 4. The molecule has 2 aliphatic rings. The number of nitrogens with one attached hydrogen (secondary N) is 1. The maximum Gasteiger partial charge on any atom is 0.230 e. The van der Waals surface area contributed by atoms with Crippen LogP contribution in [0, 0.1) is 5.92 Å². The second-order valence-corrected chi connectivity index (χ2v) is 8.13. The highest BCUT2D eigenvalue weighted by Crippen LogP contribution is 2.31. The Labute approximate surface area is 153 Å². The van der Waals surface area contributed by atoms with Crippen LogP contribution >= 0.6 is 24.0 Å². The van der Waals surface area contributed by atoms with E-state index in [4.69, 9.17) is 17.0 Å². The Bertz CT molecular complexity index is 600. The van der Waals surface area contributed by atoms with Crippen LogP contribution in [0.3, 0.4) is 0 Å². The Balaban J connectivity index is 1.47. The Morgan fingerprint density at radius 1 is 1.33 bits per heavy atom. The maximum absolute atomic E-state index is 12.3. The van der Waals surface area contributed by atoms with Crippen LogP contribution in [0.1, 0.15) is 37.8 Å². The highest BCUT2D eigenvalue weighted by molar-refractivity contribution is 8.23. The zero-order chi connectivity index (χ0) is 16.9. The van der Waals surface area contributed by atoms with Gasteiger partial charge in [-0.25, -0.2) is 0 Å². The van der Waals surface area contributed by atoms with Gasteiger partial charge in [0.2, 0.25) is 5.91 Å². The number of rotatable bonds is 3. The number of carbonyl (C=O) groups is 1. The number of likely N-dealkylation sites (tertiary alicyclic amines) is 1. The largest absolute Gasteiger partial charge is 0.493 e. The van der Waals surface area contributed by atoms with E-state index < -0.39 is 0 Å². The van der Waals surface area contributed by atoms with Crippen LogP contribution in [0.2, 0.25) is 0 Å². The minimum absolute atomic E-state index is 0.0347. The van der Waals surface area contributed by atoms with Gasteiger partial charge in [-0.2, -0.15) is 0 Å². The molecule has 1 fully saturated rings. The first-order valence-corrected chi connectivity index (χ1v) is 9.95. The van der Waals surface area contributed by atoms with Gasteiger partial charge in [0.05, 0.1) is 18.4 Å². The summed E-state index contributed by atoms with van der Waals surface area (Å²) in [5.74, 6) is 2.07. The van der Waals surface area contributed by atoms with Crippen molar-refractivity contribution in [1.29, 1.82) is 0 Å². The second kappa shape index (κ2) is 8.21. The molecule has 1 aromatic rings. The SMILES string of the molecule is CC1CCN(C(=S)SCC(=O)N[C@H]2CCOc3ccccc32)CC1. The van der Waals surface area contributed by atoms with Crippen LogP contribution in [0.4, 0.5) is 0 Å². The molecule has 0 saturated carbocycles. The first kappa shape index (κ1) is 17.5. The molecule has 6 heteroatoms. The fraction of sp³-hybridized carbons (Fsp3) is 0.556. The third kappa shape index (κ3) is 4.42. The van der Waals surface area contributed by atoms with E-state index in [1.807, 2.05) is 24.3 Å². The summed E-state index contributed by atoms with van der Waals surface area (Å²) in [6.45, 7) is 4.95. The van der Waals surface area contributed by atoms with Crippen LogP contribution < -0.4 is 10.1 Å². The molecule has 24 heavy (non-hydrogen) atoms. The number of carbonyl (C=O) groups excluding carboxylic acids is 1. The van der Waals surface area contributed by atoms with Crippen LogP contribution in [0.15, 0.2) is 24.3 Å². The van der Waals surface area contributed by atoms with Crippen molar-refractivity contribution in [2.24, 2.45) is 5.92 Å². The predicted octanol–water partition coefficient (Wildman–Crippen LogP) is 3.38. The van der Waals surface area contributed by atoms with E-state index in [2.05, 4.69) is 17.1 Å². The molecule has 1 atom stereocenters. The lowest BCUT2D eigenvalue weighted by molar-refractivity contribution is -0.119. The summed E-state index contributed by atoms with van der Waals surface area (Å²) < 4.78 is 6.49. The van der Waals surface area contributed by atoms with E-state index in [0.717, 1.165) is 41.1 Å². The standard InChI is InChI=1S/C18H24N2O2S2/c1-13-6-9-20(10-7-13)18(23)24-12-17(21)19-15-8-11-22-16-5-3-2-4-14(15)16/h2-5,13,15H,6-12H2,1H3,(H,19,21)/t15-/m0/s1. The number of benzene rings is 1. The Kier molecular flexibility index (Phi) is 6.00. The average molecular weight is 365 g/mol. The third-order valence-corrected chi connectivity index (χ3v) is 6.19. The van der Waals surface area contributed by atoms with Crippen molar-refractivity contribution in [3.63, 3.8) is 0 Å². The van der Waals surface area contributed by atoms with Crippen molar-refractivity contribution < 1.29 is 9.53 Å². The van der Waals surface area contributed by atoms with Crippen molar-refractivity contribution in [2.75, 3.05) is 25.4 Å². The molecular formula is C18H24N2O2S2. The Morgan fingerprint density at radius 2 is 2.08 bits per heavy atom. The first-order valence-electron chi connectivity index (χ1n) is 8.56. The molecule has 130 valence electrons. The number of nitrogens with zero attached hydrogens (tertiary/aromatic N) is 1. The van der Waals surface area contributed by atoms with Crippen molar-refractivity contribution >= 4 is 34.2 Å². The number of hydrogen-bond donors (Lipinski definition) is 1. The van der Waals surface area contributed by atoms with Gasteiger partial charge in [0.25, 0.3) is 0 Å². The molecule has 0 spiro atoms. The number of thiocarbonyl (C=S) groups is 1. The molecule has 0 aliphatic carbocycles. The lowest BCUT2D eigenvalue weighted by atomic mass is 10.00. The van der Waals surface area contributed by atoms with Crippen molar-refractivity contribution in [2.45, 2.75) is 32.2 Å². The summed E-state index contributed by atoms with van der Waals surface area (Å²) in [7, 11) is 0. The number of para-hydroxylation sites is 1. The monoisotopic (exact) mass is 364 g/mol. The molecule has 0 aromatic heterocycles. The summed E-state index contributed by atoms with van der Waals surface area (Å²) >= 11 is 6.96. The highest BCUT2D eigenvalue weighted by Gasteiger charge is 2.23. The van der Waals surface area contributed by atoms with Crippen molar-refractivity contribution in [1.82, 2.24) is 10.2 Å². The average Bonchev–Trinajstić information content (AvgIpc) is 2.61. The van der Waals surface area contributed by atoms with Crippen LogP contribution in [-0.2, 0) is 4.79 Å². The Morgan fingerprint density at radius 3 is 2.88 bits per heavy atom. The van der Waals surface area contributed by atoms with Crippen LogP contribution in [-0.4, -0.2) is 40.6 Å². The molecule has 1 aromatic carbocycles. The second-order valence-electron chi connectivity index (χ2n) is 6.52. The maximum atomic E-state index is 12.3. The van der Waals surface area contributed by atoms with E-state index in [1.165, 1.54) is 24.6 Å². The summed E-state index contributed by atoms with van der Waals surface area (Å²) in [4.78, 5) is 14.5. The van der Waals surface area contributed by atoms with E-state index in [1.54, 1.807) is 0 Å². The lowest BCUT2D eigenvalue weighted by Gasteiger charge is -2.32. The molecular weight excluding hydrogens is 340 g/mol. The van der Waals surface area contributed by atoms with Gasteiger partial charge in [-0.3, -0.25) is 4.79 Å². The van der Waals surface area contributed by atoms with Crippen LogP contribution in [0.25, 0.3) is 0 Å². The van der Waals surface area contributed by atoms with E-state index in [9.17, 15) is 4.79 Å². The molecule has 0 unspecified atom stereocenters. The Hall–Kier alpha value is -1.27. The number of fused-ring (bicyclic) bond motifs is 1. The van der Waals surface area contributed by atoms with Gasteiger partial charge in [-0.05, 0) is 24.8 Å². The zero-order valence-corrected chi connectivity index (χ0v) is 15.6. The summed E-state index contributed by atoms with van der Waals surface area (Å²) in [5.41, 5.74) is 1.06. The fourth-order valence-corrected chi connectivity index (χ4v) is 4.20. The minimum Gasteiger partial charge on any atom is -0.493 e. The van der Waals surface area contributed by atoms with Gasteiger partial charge in [0, 0.05) is 25.1 Å². The van der Waals surface area contributed by atoms with Gasteiger partial charge >= 0.3 is 0 Å². The van der Waals surface area contributed by atoms with E-state index in [-0.39, 0.29) is 11.9 Å². The lowest BCUT2D eigenvalue weighted by Crippen LogP contribution is -2.37. The molecule has 1 amide bonds. The molecule has 3 rings (SSSR count). The molecule has 0 radical (unpaired) electrons. The molecule has 0 bridgehead atoms. The number of thioether (sulfide) groups is 1. The molecule has 1 N–H and O–H groups in total. The molecule has 2 aliphatic heterocycles. The van der Waals surface area contributed by atoms with Gasteiger partial charge in [0.1, 0.15) is 10.1 Å². The van der Waals surface area contributed by atoms with Gasteiger partial charge in [0.15, 0.2) is 0 Å². The predicted molar refractivity (Wildman–Crippen MR) is 102 cm³/mol. The zero-order valence-electron chi connectivity index (χ0n) is 14.0. The smallest absolute Gasteiger partial charge is 0.230 e.